The molecule has 6 heteroatoms. The van der Waals surface area contributed by atoms with E-state index in [1.165, 1.54) is 12.1 Å². The Hall–Kier alpha value is -4.32. The Kier molecular flexibility index (Phi) is 5.64. The number of rotatable bonds is 5. The first-order valence-electron chi connectivity index (χ1n) is 11.1. The van der Waals surface area contributed by atoms with E-state index in [0.29, 0.717) is 11.3 Å². The molecule has 0 radical (unpaired) electrons. The summed E-state index contributed by atoms with van der Waals surface area (Å²) in [4.78, 5) is 18.2. The van der Waals surface area contributed by atoms with Crippen molar-refractivity contribution < 1.29 is 9.18 Å². The van der Waals surface area contributed by atoms with Crippen LogP contribution in [-0.4, -0.2) is 20.7 Å². The Morgan fingerprint density at radius 2 is 1.68 bits per heavy atom. The fraction of sp³-hybridized carbons (Fsp3) is 0.107. The third-order valence-electron chi connectivity index (χ3n) is 5.96. The summed E-state index contributed by atoms with van der Waals surface area (Å²) < 4.78 is 15.1. The van der Waals surface area contributed by atoms with Gasteiger partial charge in [-0.15, -0.1) is 0 Å². The number of hydrogen-bond acceptors (Lipinski definition) is 3. The number of hydrogen-bond donors (Lipinski definition) is 1. The number of pyridine rings is 1. The van der Waals surface area contributed by atoms with Crippen LogP contribution in [0.15, 0.2) is 91.1 Å². The number of fused-ring (bicyclic) bond motifs is 1. The molecule has 5 rings (SSSR count). The lowest BCUT2D eigenvalue weighted by molar-refractivity contribution is 0.0941. The lowest BCUT2D eigenvalue weighted by Gasteiger charge is -2.16. The van der Waals surface area contributed by atoms with Gasteiger partial charge in [-0.25, -0.2) is 14.1 Å². The lowest BCUT2D eigenvalue weighted by Crippen LogP contribution is -2.27. The number of aromatic nitrogens is 3. The van der Waals surface area contributed by atoms with Crippen LogP contribution in [-0.2, 0) is 0 Å². The molecule has 0 fully saturated rings. The predicted octanol–water partition coefficient (Wildman–Crippen LogP) is 6.03. The molecule has 0 aliphatic heterocycles. The largest absolute Gasteiger partial charge is 0.345 e. The molecular weight excluding hydrogens is 427 g/mol. The van der Waals surface area contributed by atoms with E-state index >= 15 is 0 Å². The van der Waals surface area contributed by atoms with Gasteiger partial charge >= 0.3 is 0 Å². The monoisotopic (exact) mass is 450 g/mol. The van der Waals surface area contributed by atoms with Crippen molar-refractivity contribution in [1.29, 1.82) is 0 Å². The molecule has 0 aliphatic carbocycles. The Balaban J connectivity index is 1.55. The zero-order valence-electron chi connectivity index (χ0n) is 18.9. The average molecular weight is 451 g/mol. The lowest BCUT2D eigenvalue weighted by atomic mass is 10.0. The van der Waals surface area contributed by atoms with Crippen molar-refractivity contribution in [2.75, 3.05) is 0 Å². The maximum absolute atomic E-state index is 13.4. The second kappa shape index (κ2) is 8.90. The van der Waals surface area contributed by atoms with E-state index in [0.717, 1.165) is 33.4 Å². The molecule has 3 aromatic carbocycles. The van der Waals surface area contributed by atoms with Gasteiger partial charge in [-0.3, -0.25) is 4.79 Å². The van der Waals surface area contributed by atoms with E-state index < -0.39 is 0 Å². The van der Waals surface area contributed by atoms with Gasteiger partial charge in [0.2, 0.25) is 0 Å². The molecule has 5 nitrogen and oxygen atoms in total. The van der Waals surface area contributed by atoms with Gasteiger partial charge in [0.15, 0.2) is 0 Å². The minimum absolute atomic E-state index is 0.146. The number of benzene rings is 3. The summed E-state index contributed by atoms with van der Waals surface area (Å²) in [6.07, 6.45) is 1.73. The van der Waals surface area contributed by atoms with Crippen molar-refractivity contribution in [3.63, 3.8) is 0 Å². The molecular formula is C28H23FN4O. The molecule has 0 saturated heterocycles. The maximum Gasteiger partial charge on any atom is 0.252 e. The van der Waals surface area contributed by atoms with Crippen LogP contribution in [0, 0.1) is 12.7 Å². The minimum atomic E-state index is -0.301. The van der Waals surface area contributed by atoms with Crippen LogP contribution >= 0.6 is 0 Å². The first kappa shape index (κ1) is 21.5. The Labute approximate surface area is 196 Å². The quantitative estimate of drug-likeness (QED) is 0.356. The van der Waals surface area contributed by atoms with E-state index in [9.17, 15) is 9.18 Å². The zero-order chi connectivity index (χ0) is 23.7. The van der Waals surface area contributed by atoms with E-state index in [4.69, 9.17) is 4.98 Å². The summed E-state index contributed by atoms with van der Waals surface area (Å²) >= 11 is 0. The molecule has 0 spiro atoms. The standard InChI is InChI=1S/C28H23FN4O/c1-18(20-8-4-3-5-9-20)31-28(34)24-16-27(32-26-11-7-6-10-23(24)26)25-17-30-33(19(25)2)22-14-12-21(29)13-15-22/h3-18H,1-2H3,(H,31,34)/t18-/m0/s1. The molecule has 2 aromatic heterocycles. The molecule has 0 bridgehead atoms. The molecule has 0 saturated carbocycles. The van der Waals surface area contributed by atoms with Gasteiger partial charge in [0.1, 0.15) is 5.82 Å². The summed E-state index contributed by atoms with van der Waals surface area (Å²) in [6.45, 7) is 3.90. The molecule has 168 valence electrons. The van der Waals surface area contributed by atoms with E-state index in [2.05, 4.69) is 10.4 Å². The maximum atomic E-state index is 13.4. The third-order valence-corrected chi connectivity index (χ3v) is 5.96. The highest BCUT2D eigenvalue weighted by atomic mass is 19.1. The highest BCUT2D eigenvalue weighted by molar-refractivity contribution is 6.07. The number of nitrogens with one attached hydrogen (secondary N) is 1. The van der Waals surface area contributed by atoms with Crippen molar-refractivity contribution in [3.8, 4) is 16.9 Å². The molecule has 2 heterocycles. The van der Waals surface area contributed by atoms with Crippen LogP contribution < -0.4 is 5.32 Å². The van der Waals surface area contributed by atoms with E-state index in [-0.39, 0.29) is 17.8 Å². The molecule has 0 unspecified atom stereocenters. The van der Waals surface area contributed by atoms with E-state index in [1.54, 1.807) is 23.0 Å². The number of amides is 1. The van der Waals surface area contributed by atoms with Gasteiger partial charge in [0, 0.05) is 10.9 Å². The fourth-order valence-corrected chi connectivity index (χ4v) is 4.10. The first-order chi connectivity index (χ1) is 16.5. The summed E-state index contributed by atoms with van der Waals surface area (Å²) in [7, 11) is 0. The van der Waals surface area contributed by atoms with Crippen LogP contribution in [0.4, 0.5) is 4.39 Å². The van der Waals surface area contributed by atoms with Gasteiger partial charge in [-0.2, -0.15) is 5.10 Å². The van der Waals surface area contributed by atoms with Crippen LogP contribution in [0.25, 0.3) is 27.8 Å². The third kappa shape index (κ3) is 4.06. The average Bonchev–Trinajstić information content (AvgIpc) is 3.25. The Morgan fingerprint density at radius 1 is 0.971 bits per heavy atom. The summed E-state index contributed by atoms with van der Waals surface area (Å²) in [6, 6.07) is 25.3. The predicted molar refractivity (Wildman–Crippen MR) is 131 cm³/mol. The molecule has 0 aliphatic rings. The number of nitrogens with zero attached hydrogens (tertiary/aromatic N) is 3. The summed E-state index contributed by atoms with van der Waals surface area (Å²) in [5.41, 5.74) is 5.37. The second-order valence-corrected chi connectivity index (χ2v) is 8.21. The van der Waals surface area contributed by atoms with Crippen LogP contribution in [0.5, 0.6) is 0 Å². The van der Waals surface area contributed by atoms with Crippen LogP contribution in [0.1, 0.15) is 34.6 Å². The Morgan fingerprint density at radius 3 is 2.44 bits per heavy atom. The summed E-state index contributed by atoms with van der Waals surface area (Å²) in [5, 5.41) is 8.38. The SMILES string of the molecule is Cc1c(-c2cc(C(=O)N[C@@H](C)c3ccccc3)c3ccccc3n2)cnn1-c1ccc(F)cc1. The highest BCUT2D eigenvalue weighted by Gasteiger charge is 2.19. The number of carbonyl (C=O) groups is 1. The van der Waals surface area contributed by atoms with Crippen LogP contribution in [0.3, 0.4) is 0 Å². The van der Waals surface area contributed by atoms with Gasteiger partial charge in [0.25, 0.3) is 5.91 Å². The number of para-hydroxylation sites is 1. The number of halogens is 1. The van der Waals surface area contributed by atoms with Crippen LogP contribution in [0.2, 0.25) is 0 Å². The number of carbonyl (C=O) groups excluding carboxylic acids is 1. The molecule has 1 amide bonds. The van der Waals surface area contributed by atoms with Crippen molar-refractivity contribution in [3.05, 3.63) is 114 Å². The van der Waals surface area contributed by atoms with Gasteiger partial charge in [-0.05, 0) is 55.8 Å². The van der Waals surface area contributed by atoms with Gasteiger partial charge in [-0.1, -0.05) is 48.5 Å². The van der Waals surface area contributed by atoms with Crippen molar-refractivity contribution in [1.82, 2.24) is 20.1 Å². The second-order valence-electron chi connectivity index (χ2n) is 8.21. The normalized spacial score (nSPS) is 12.0. The van der Waals surface area contributed by atoms with Gasteiger partial charge < -0.3 is 5.32 Å². The highest BCUT2D eigenvalue weighted by Crippen LogP contribution is 2.28. The molecule has 1 N–H and O–H groups in total. The zero-order valence-corrected chi connectivity index (χ0v) is 18.9. The van der Waals surface area contributed by atoms with E-state index in [1.807, 2.05) is 74.5 Å². The molecule has 5 aromatic rings. The van der Waals surface area contributed by atoms with Crippen molar-refractivity contribution in [2.24, 2.45) is 0 Å². The smallest absolute Gasteiger partial charge is 0.252 e. The summed E-state index contributed by atoms with van der Waals surface area (Å²) in [5.74, 6) is -0.467. The fourth-order valence-electron chi connectivity index (χ4n) is 4.10. The molecule has 1 atom stereocenters. The molecule has 34 heavy (non-hydrogen) atoms. The topological polar surface area (TPSA) is 59.8 Å². The Bertz CT molecular complexity index is 1480. The minimum Gasteiger partial charge on any atom is -0.345 e. The van der Waals surface area contributed by atoms with Crippen molar-refractivity contribution in [2.45, 2.75) is 19.9 Å². The van der Waals surface area contributed by atoms with Gasteiger partial charge in [0.05, 0.1) is 40.4 Å². The van der Waals surface area contributed by atoms with Crippen molar-refractivity contribution >= 4 is 16.8 Å². The first-order valence-corrected chi connectivity index (χ1v) is 11.1.